The van der Waals surface area contributed by atoms with E-state index in [2.05, 4.69) is 4.98 Å². The number of benzene rings is 1. The Morgan fingerprint density at radius 1 is 1.29 bits per heavy atom. The number of rotatable bonds is 1. The van der Waals surface area contributed by atoms with Crippen molar-refractivity contribution in [1.29, 1.82) is 0 Å². The van der Waals surface area contributed by atoms with Crippen molar-refractivity contribution in [2.75, 3.05) is 7.18 Å². The van der Waals surface area contributed by atoms with Crippen molar-refractivity contribution >= 4 is 32.3 Å². The summed E-state index contributed by atoms with van der Waals surface area (Å²) < 4.78 is 31.7. The van der Waals surface area contributed by atoms with Gasteiger partial charge in [-0.15, -0.1) is 11.3 Å². The summed E-state index contributed by atoms with van der Waals surface area (Å²) >= 11 is 1.20. The van der Waals surface area contributed by atoms with Gasteiger partial charge in [0.2, 0.25) is 4.34 Å². The van der Waals surface area contributed by atoms with Gasteiger partial charge in [-0.05, 0) is 12.1 Å². The van der Waals surface area contributed by atoms with Crippen LogP contribution in [0.15, 0.2) is 28.6 Å². The van der Waals surface area contributed by atoms with Crippen LogP contribution in [0.1, 0.15) is 0 Å². The molecule has 0 spiro atoms. The van der Waals surface area contributed by atoms with Gasteiger partial charge in [0.1, 0.15) is 0 Å². The fourth-order valence-electron chi connectivity index (χ4n) is 0.938. The lowest BCUT2D eigenvalue weighted by atomic mass is 10.3. The van der Waals surface area contributed by atoms with Crippen LogP contribution in [0.2, 0.25) is 0 Å². The SMILES string of the molecule is CF.O=[SH](=O)c1nc2ccccc2s1. The maximum absolute atomic E-state index is 10.6. The molecule has 3 nitrogen and oxygen atoms in total. The van der Waals surface area contributed by atoms with Crippen LogP contribution in [0.3, 0.4) is 0 Å². The summed E-state index contributed by atoms with van der Waals surface area (Å²) in [4.78, 5) is 3.93. The summed E-state index contributed by atoms with van der Waals surface area (Å²) in [6, 6.07) is 7.36. The minimum Gasteiger partial charge on any atom is -0.255 e. The molecule has 2 aromatic rings. The molecule has 0 amide bonds. The average Bonchev–Trinajstić information content (AvgIpc) is 2.64. The van der Waals surface area contributed by atoms with Crippen molar-refractivity contribution < 1.29 is 12.8 Å². The molecule has 76 valence electrons. The van der Waals surface area contributed by atoms with Gasteiger partial charge >= 0.3 is 0 Å². The van der Waals surface area contributed by atoms with Crippen LogP contribution in [0.25, 0.3) is 10.2 Å². The van der Waals surface area contributed by atoms with E-state index in [0.29, 0.717) is 7.18 Å². The van der Waals surface area contributed by atoms with E-state index in [4.69, 9.17) is 0 Å². The highest BCUT2D eigenvalue weighted by atomic mass is 32.2. The van der Waals surface area contributed by atoms with Crippen molar-refractivity contribution in [2.24, 2.45) is 0 Å². The number of fused-ring (bicyclic) bond motifs is 1. The highest BCUT2D eigenvalue weighted by Crippen LogP contribution is 2.21. The van der Waals surface area contributed by atoms with Gasteiger partial charge in [0, 0.05) is 0 Å². The molecule has 0 aliphatic rings. The number of thiol groups is 1. The zero-order chi connectivity index (χ0) is 10.6. The van der Waals surface area contributed by atoms with Crippen molar-refractivity contribution in [3.8, 4) is 0 Å². The maximum Gasteiger partial charge on any atom is 0.207 e. The van der Waals surface area contributed by atoms with Crippen molar-refractivity contribution in [2.45, 2.75) is 4.34 Å². The zero-order valence-corrected chi connectivity index (χ0v) is 9.02. The van der Waals surface area contributed by atoms with Gasteiger partial charge in [0.05, 0.1) is 17.4 Å². The first kappa shape index (κ1) is 11.1. The summed E-state index contributed by atoms with van der Waals surface area (Å²) in [6.45, 7) is 0. The van der Waals surface area contributed by atoms with E-state index < -0.39 is 10.7 Å². The maximum atomic E-state index is 10.6. The quantitative estimate of drug-likeness (QED) is 0.765. The summed E-state index contributed by atoms with van der Waals surface area (Å²) in [5, 5.41) is 0. The van der Waals surface area contributed by atoms with Crippen LogP contribution in [0.4, 0.5) is 4.39 Å². The number of nitrogens with zero attached hydrogens (tertiary/aromatic N) is 1. The second-order valence-corrected chi connectivity index (χ2v) is 4.49. The number of thiazole rings is 1. The molecule has 0 aliphatic heterocycles. The second-order valence-electron chi connectivity index (χ2n) is 2.22. The lowest BCUT2D eigenvalue weighted by molar-refractivity contribution is 0.614. The first-order valence-corrected chi connectivity index (χ1v) is 5.64. The molecule has 0 unspecified atom stereocenters. The van der Waals surface area contributed by atoms with Gasteiger partial charge in [-0.1, -0.05) is 12.1 Å². The molecule has 0 saturated heterocycles. The van der Waals surface area contributed by atoms with Gasteiger partial charge in [-0.2, -0.15) is 0 Å². The third-order valence-corrected chi connectivity index (χ3v) is 3.41. The minimum absolute atomic E-state index is 0.186. The normalized spacial score (nSPS) is 9.93. The Morgan fingerprint density at radius 2 is 1.93 bits per heavy atom. The molecule has 0 N–H and O–H groups in total. The number of alkyl halides is 1. The van der Waals surface area contributed by atoms with Crippen LogP contribution in [-0.4, -0.2) is 20.6 Å². The topological polar surface area (TPSA) is 47.0 Å². The molecule has 14 heavy (non-hydrogen) atoms. The van der Waals surface area contributed by atoms with Gasteiger partial charge in [-0.3, -0.25) is 4.39 Å². The molecule has 0 bridgehead atoms. The van der Waals surface area contributed by atoms with Crippen LogP contribution >= 0.6 is 11.3 Å². The number of para-hydroxylation sites is 1. The molecule has 1 aromatic heterocycles. The number of hydrogen-bond acceptors (Lipinski definition) is 4. The van der Waals surface area contributed by atoms with E-state index in [1.54, 1.807) is 6.07 Å². The number of hydrogen-bond donors (Lipinski definition) is 1. The summed E-state index contributed by atoms with van der Waals surface area (Å²) in [6.07, 6.45) is 0. The third-order valence-electron chi connectivity index (χ3n) is 1.44. The predicted molar refractivity (Wildman–Crippen MR) is 55.2 cm³/mol. The van der Waals surface area contributed by atoms with Gasteiger partial charge in [0.15, 0.2) is 10.7 Å². The Bertz CT molecular complexity index is 452. The first-order chi connectivity index (χ1) is 6.77. The van der Waals surface area contributed by atoms with E-state index in [9.17, 15) is 12.8 Å². The number of aromatic nitrogens is 1. The molecule has 6 heteroatoms. The van der Waals surface area contributed by atoms with E-state index >= 15 is 0 Å². The molecule has 1 aromatic carbocycles. The molecule has 0 aliphatic carbocycles. The molecular weight excluding hydrogens is 225 g/mol. The molecular formula is C8H8FNO2S2. The summed E-state index contributed by atoms with van der Waals surface area (Å²) in [5.41, 5.74) is 0.747. The summed E-state index contributed by atoms with van der Waals surface area (Å²) in [7, 11) is -2.03. The molecule has 0 atom stereocenters. The van der Waals surface area contributed by atoms with E-state index in [1.807, 2.05) is 18.2 Å². The average molecular weight is 233 g/mol. The Morgan fingerprint density at radius 3 is 2.50 bits per heavy atom. The molecule has 0 saturated carbocycles. The van der Waals surface area contributed by atoms with Crippen LogP contribution in [-0.2, 0) is 10.7 Å². The monoisotopic (exact) mass is 233 g/mol. The van der Waals surface area contributed by atoms with Gasteiger partial charge < -0.3 is 0 Å². The zero-order valence-electron chi connectivity index (χ0n) is 7.31. The van der Waals surface area contributed by atoms with Crippen LogP contribution in [0, 0.1) is 0 Å². The Hall–Kier alpha value is -1.01. The lowest BCUT2D eigenvalue weighted by Crippen LogP contribution is -1.74. The summed E-state index contributed by atoms with van der Waals surface area (Å²) in [5.74, 6) is 0. The Kier molecular flexibility index (Phi) is 3.97. The van der Waals surface area contributed by atoms with E-state index in [-0.39, 0.29) is 4.34 Å². The van der Waals surface area contributed by atoms with Crippen LogP contribution < -0.4 is 0 Å². The lowest BCUT2D eigenvalue weighted by Gasteiger charge is -1.80. The van der Waals surface area contributed by atoms with Gasteiger partial charge in [-0.25, -0.2) is 13.4 Å². The van der Waals surface area contributed by atoms with Crippen molar-refractivity contribution in [1.82, 2.24) is 4.98 Å². The molecule has 0 radical (unpaired) electrons. The molecule has 0 fully saturated rings. The largest absolute Gasteiger partial charge is 0.255 e. The highest BCUT2D eigenvalue weighted by Gasteiger charge is 2.03. The molecule has 1 heterocycles. The smallest absolute Gasteiger partial charge is 0.207 e. The van der Waals surface area contributed by atoms with Crippen LogP contribution in [0.5, 0.6) is 0 Å². The third kappa shape index (κ3) is 2.27. The molecule has 2 rings (SSSR count). The minimum atomic E-state index is -2.53. The van der Waals surface area contributed by atoms with E-state index in [0.717, 1.165) is 10.2 Å². The standard InChI is InChI=1S/C7H5NO2S2.CH3F/c9-12(10)7-8-5-3-1-2-4-6(5)11-7;1-2/h1-4,12H;1H3. The fourth-order valence-corrected chi connectivity index (χ4v) is 2.43. The first-order valence-electron chi connectivity index (χ1n) is 3.65. The second kappa shape index (κ2) is 5.02. The Labute approximate surface area is 86.2 Å². The number of halogens is 1. The Balaban J connectivity index is 0.000000461. The van der Waals surface area contributed by atoms with Crippen molar-refractivity contribution in [3.63, 3.8) is 0 Å². The van der Waals surface area contributed by atoms with E-state index in [1.165, 1.54) is 11.3 Å². The predicted octanol–water partition coefficient (Wildman–Crippen LogP) is 1.85. The van der Waals surface area contributed by atoms with Crippen molar-refractivity contribution in [3.05, 3.63) is 24.3 Å². The van der Waals surface area contributed by atoms with Gasteiger partial charge in [0.25, 0.3) is 0 Å². The highest BCUT2D eigenvalue weighted by molar-refractivity contribution is 7.75. The fraction of sp³-hybridized carbons (Fsp3) is 0.125.